The number of cyclic esters (lactones) is 1. The molecule has 0 N–H and O–H groups in total. The van der Waals surface area contributed by atoms with Gasteiger partial charge in [-0.2, -0.15) is 0 Å². The summed E-state index contributed by atoms with van der Waals surface area (Å²) in [5.41, 5.74) is 0. The lowest BCUT2D eigenvalue weighted by Gasteiger charge is -2.33. The molecule has 0 radical (unpaired) electrons. The maximum Gasteiger partial charge on any atom is 0.329 e. The summed E-state index contributed by atoms with van der Waals surface area (Å²) in [6.45, 7) is 2.79. The highest BCUT2D eigenvalue weighted by molar-refractivity contribution is 5.93. The fourth-order valence-corrected chi connectivity index (χ4v) is 2.30. The van der Waals surface area contributed by atoms with E-state index in [0.717, 1.165) is 32.2 Å². The van der Waals surface area contributed by atoms with Gasteiger partial charge in [0.1, 0.15) is 6.04 Å². The van der Waals surface area contributed by atoms with E-state index in [4.69, 9.17) is 4.74 Å². The van der Waals surface area contributed by atoms with Crippen molar-refractivity contribution in [3.05, 3.63) is 0 Å². The van der Waals surface area contributed by atoms with E-state index >= 15 is 0 Å². The summed E-state index contributed by atoms with van der Waals surface area (Å²) >= 11 is 0. The van der Waals surface area contributed by atoms with Crippen molar-refractivity contribution >= 4 is 11.9 Å². The van der Waals surface area contributed by atoms with Gasteiger partial charge in [0.05, 0.1) is 0 Å². The second-order valence-electron chi connectivity index (χ2n) is 4.26. The van der Waals surface area contributed by atoms with Gasteiger partial charge in [0.15, 0.2) is 6.10 Å². The molecule has 0 aliphatic carbocycles. The van der Waals surface area contributed by atoms with E-state index in [9.17, 15) is 9.59 Å². The lowest BCUT2D eigenvalue weighted by atomic mass is 10.1. The Bertz CT molecular complexity index is 277. The Morgan fingerprint density at radius 3 is 3.00 bits per heavy atom. The van der Waals surface area contributed by atoms with Crippen molar-refractivity contribution in [1.82, 2.24) is 4.90 Å². The van der Waals surface area contributed by atoms with E-state index in [1.807, 2.05) is 0 Å². The highest BCUT2D eigenvalue weighted by Gasteiger charge is 2.44. The van der Waals surface area contributed by atoms with Crippen LogP contribution in [0, 0.1) is 0 Å². The van der Waals surface area contributed by atoms with Crippen LogP contribution in [-0.2, 0) is 14.3 Å². The maximum atomic E-state index is 11.9. The van der Waals surface area contributed by atoms with Gasteiger partial charge in [0, 0.05) is 6.54 Å². The lowest BCUT2D eigenvalue weighted by Crippen LogP contribution is -2.53. The molecular formula is C11H17NO3. The van der Waals surface area contributed by atoms with Crippen molar-refractivity contribution in [3.8, 4) is 0 Å². The minimum Gasteiger partial charge on any atom is -0.451 e. The lowest BCUT2D eigenvalue weighted by molar-refractivity contribution is -0.176. The summed E-state index contributed by atoms with van der Waals surface area (Å²) in [7, 11) is 0. The Labute approximate surface area is 89.6 Å². The SMILES string of the molecule is CCCCC1OC(=O)[C@@H]2CCCN2C1=O. The first-order valence-electron chi connectivity index (χ1n) is 5.75. The van der Waals surface area contributed by atoms with E-state index in [-0.39, 0.29) is 17.9 Å². The zero-order valence-corrected chi connectivity index (χ0v) is 9.07. The summed E-state index contributed by atoms with van der Waals surface area (Å²) < 4.78 is 5.18. The first-order chi connectivity index (χ1) is 7.24. The third-order valence-electron chi connectivity index (χ3n) is 3.16. The third kappa shape index (κ3) is 1.85. The largest absolute Gasteiger partial charge is 0.451 e. The number of fused-ring (bicyclic) bond motifs is 1. The molecule has 15 heavy (non-hydrogen) atoms. The number of hydrogen-bond acceptors (Lipinski definition) is 3. The Kier molecular flexibility index (Phi) is 2.93. The molecule has 2 aliphatic heterocycles. The van der Waals surface area contributed by atoms with Crippen LogP contribution in [0.2, 0.25) is 0 Å². The molecule has 4 nitrogen and oxygen atoms in total. The second-order valence-corrected chi connectivity index (χ2v) is 4.26. The Balaban J connectivity index is 2.03. The maximum absolute atomic E-state index is 11.9. The molecule has 1 amide bonds. The predicted octanol–water partition coefficient (Wildman–Crippen LogP) is 1.09. The highest BCUT2D eigenvalue weighted by atomic mass is 16.6. The zero-order chi connectivity index (χ0) is 10.8. The van der Waals surface area contributed by atoms with Crippen LogP contribution in [0.4, 0.5) is 0 Å². The van der Waals surface area contributed by atoms with Crippen LogP contribution in [0.3, 0.4) is 0 Å². The average molecular weight is 211 g/mol. The van der Waals surface area contributed by atoms with E-state index in [1.54, 1.807) is 4.90 Å². The number of hydrogen-bond donors (Lipinski definition) is 0. The van der Waals surface area contributed by atoms with Crippen LogP contribution in [0.15, 0.2) is 0 Å². The van der Waals surface area contributed by atoms with Gasteiger partial charge in [-0.15, -0.1) is 0 Å². The van der Waals surface area contributed by atoms with Gasteiger partial charge in [-0.25, -0.2) is 4.79 Å². The summed E-state index contributed by atoms with van der Waals surface area (Å²) in [5, 5.41) is 0. The fourth-order valence-electron chi connectivity index (χ4n) is 2.30. The van der Waals surface area contributed by atoms with E-state index in [2.05, 4.69) is 6.92 Å². The van der Waals surface area contributed by atoms with Crippen LogP contribution in [0.25, 0.3) is 0 Å². The Hall–Kier alpha value is -1.06. The fraction of sp³-hybridized carbons (Fsp3) is 0.818. The monoisotopic (exact) mass is 211 g/mol. The molecular weight excluding hydrogens is 194 g/mol. The van der Waals surface area contributed by atoms with E-state index < -0.39 is 6.10 Å². The number of esters is 1. The molecule has 0 aromatic carbocycles. The van der Waals surface area contributed by atoms with Crippen LogP contribution in [-0.4, -0.2) is 35.5 Å². The molecule has 0 aromatic heterocycles. The molecule has 0 spiro atoms. The Morgan fingerprint density at radius 1 is 1.47 bits per heavy atom. The minimum absolute atomic E-state index is 0.0190. The van der Waals surface area contributed by atoms with Crippen LogP contribution in [0.5, 0.6) is 0 Å². The number of ether oxygens (including phenoxy) is 1. The summed E-state index contributed by atoms with van der Waals surface area (Å²) in [4.78, 5) is 25.2. The van der Waals surface area contributed by atoms with Gasteiger partial charge in [-0.3, -0.25) is 4.79 Å². The number of unbranched alkanes of at least 4 members (excludes halogenated alkanes) is 1. The molecule has 84 valence electrons. The van der Waals surface area contributed by atoms with Crippen molar-refractivity contribution in [2.75, 3.05) is 6.54 Å². The number of carbonyl (C=O) groups is 2. The number of morpholine rings is 1. The zero-order valence-electron chi connectivity index (χ0n) is 9.07. The summed E-state index contributed by atoms with van der Waals surface area (Å²) in [6.07, 6.45) is 3.81. The normalized spacial score (nSPS) is 30.3. The second kappa shape index (κ2) is 4.21. The molecule has 0 bridgehead atoms. The highest BCUT2D eigenvalue weighted by Crippen LogP contribution is 2.26. The number of rotatable bonds is 3. The summed E-state index contributed by atoms with van der Waals surface area (Å²) in [5.74, 6) is -0.182. The van der Waals surface area contributed by atoms with Gasteiger partial charge < -0.3 is 9.64 Å². The molecule has 2 saturated heterocycles. The van der Waals surface area contributed by atoms with Crippen molar-refractivity contribution in [2.24, 2.45) is 0 Å². The van der Waals surface area contributed by atoms with Crippen molar-refractivity contribution < 1.29 is 14.3 Å². The van der Waals surface area contributed by atoms with Gasteiger partial charge in [0.25, 0.3) is 5.91 Å². The van der Waals surface area contributed by atoms with E-state index in [1.165, 1.54) is 0 Å². The molecule has 4 heteroatoms. The molecule has 2 fully saturated rings. The first-order valence-corrected chi connectivity index (χ1v) is 5.75. The van der Waals surface area contributed by atoms with Crippen molar-refractivity contribution in [3.63, 3.8) is 0 Å². The minimum atomic E-state index is -0.508. The molecule has 0 saturated carbocycles. The topological polar surface area (TPSA) is 46.6 Å². The number of nitrogens with zero attached hydrogens (tertiary/aromatic N) is 1. The summed E-state index contributed by atoms with van der Waals surface area (Å²) in [6, 6.07) is -0.282. The van der Waals surface area contributed by atoms with Crippen molar-refractivity contribution in [1.29, 1.82) is 0 Å². The van der Waals surface area contributed by atoms with Gasteiger partial charge in [0.2, 0.25) is 0 Å². The predicted molar refractivity (Wildman–Crippen MR) is 54.1 cm³/mol. The standard InChI is InChI=1S/C11H17NO3/c1-2-3-6-9-10(13)12-7-4-5-8(12)11(14)15-9/h8-9H,2-7H2,1H3/t8-,9?/m0/s1. The van der Waals surface area contributed by atoms with Gasteiger partial charge >= 0.3 is 5.97 Å². The molecule has 2 heterocycles. The molecule has 0 aromatic rings. The Morgan fingerprint density at radius 2 is 2.27 bits per heavy atom. The van der Waals surface area contributed by atoms with Gasteiger partial charge in [-0.05, 0) is 25.7 Å². The van der Waals surface area contributed by atoms with Crippen LogP contribution < -0.4 is 0 Å². The quantitative estimate of drug-likeness (QED) is 0.656. The number of carbonyl (C=O) groups excluding carboxylic acids is 2. The van der Waals surface area contributed by atoms with Crippen LogP contribution >= 0.6 is 0 Å². The van der Waals surface area contributed by atoms with E-state index in [0.29, 0.717) is 6.42 Å². The molecule has 2 aliphatic rings. The molecule has 2 rings (SSSR count). The average Bonchev–Trinajstić information content (AvgIpc) is 2.70. The molecule has 2 atom stereocenters. The van der Waals surface area contributed by atoms with Gasteiger partial charge in [-0.1, -0.05) is 13.3 Å². The van der Waals surface area contributed by atoms with Crippen molar-refractivity contribution in [2.45, 2.75) is 51.2 Å². The van der Waals surface area contributed by atoms with Crippen LogP contribution in [0.1, 0.15) is 39.0 Å². The third-order valence-corrected chi connectivity index (χ3v) is 3.16. The molecule has 1 unspecified atom stereocenters. The smallest absolute Gasteiger partial charge is 0.329 e. The first kappa shape index (κ1) is 10.5. The number of amides is 1.